The fourth-order valence-corrected chi connectivity index (χ4v) is 2.49. The number of hydrogen-bond donors (Lipinski definition) is 1. The highest BCUT2D eigenvalue weighted by atomic mass is 16.5. The molecule has 1 aromatic rings. The Morgan fingerprint density at radius 2 is 2.20 bits per heavy atom. The predicted octanol–water partition coefficient (Wildman–Crippen LogP) is 0.782. The summed E-state index contributed by atoms with van der Waals surface area (Å²) in [7, 11) is 0. The number of hydroxylamine groups is 2. The molecule has 76 valence electrons. The number of nitrogens with zero attached hydrogens (tertiary/aromatic N) is 1. The highest BCUT2D eigenvalue weighted by Crippen LogP contribution is 2.15. The van der Waals surface area contributed by atoms with Gasteiger partial charge in [-0.1, -0.05) is 29.8 Å². The Kier molecular flexibility index (Phi) is 1.73. The van der Waals surface area contributed by atoms with E-state index in [1.807, 2.05) is 0 Å². The second kappa shape index (κ2) is 2.97. The molecule has 0 unspecified atom stereocenters. The Bertz CT molecular complexity index is 569. The summed E-state index contributed by atoms with van der Waals surface area (Å²) in [6.45, 7) is 2.74. The van der Waals surface area contributed by atoms with E-state index in [0.717, 1.165) is 11.6 Å². The van der Waals surface area contributed by atoms with Gasteiger partial charge in [-0.15, -0.1) is 0 Å². The zero-order valence-corrected chi connectivity index (χ0v) is 8.70. The molecule has 1 aromatic carbocycles. The summed E-state index contributed by atoms with van der Waals surface area (Å²) in [6, 6.07) is 6.28. The molecule has 2 heteroatoms. The largest absolute Gasteiger partial charge is 0.289 e. The standard InChI is InChI=1S/C13H13NO/c1-9-5-10-3-2-4-11-7-14(15)8-12(6-9)13(10)11/h2-4,6-7,15H,5,8H2,1H3. The molecular weight excluding hydrogens is 186 g/mol. The molecule has 2 nitrogen and oxygen atoms in total. The highest BCUT2D eigenvalue weighted by molar-refractivity contribution is 5.66. The average Bonchev–Trinajstić information content (AvgIpc) is 2.16. The van der Waals surface area contributed by atoms with Crippen molar-refractivity contribution in [1.82, 2.24) is 5.06 Å². The van der Waals surface area contributed by atoms with Gasteiger partial charge in [-0.25, -0.2) is 0 Å². The summed E-state index contributed by atoms with van der Waals surface area (Å²) in [4.78, 5) is 0. The maximum Gasteiger partial charge on any atom is 0.0703 e. The molecule has 0 aromatic heterocycles. The van der Waals surface area contributed by atoms with E-state index < -0.39 is 0 Å². The molecule has 0 amide bonds. The minimum atomic E-state index is 0.599. The molecule has 3 rings (SSSR count). The molecule has 2 aliphatic rings. The highest BCUT2D eigenvalue weighted by Gasteiger charge is 2.14. The lowest BCUT2D eigenvalue weighted by molar-refractivity contribution is -0.00748. The van der Waals surface area contributed by atoms with Gasteiger partial charge in [-0.2, -0.15) is 0 Å². The Morgan fingerprint density at radius 3 is 3.07 bits per heavy atom. The van der Waals surface area contributed by atoms with E-state index in [-0.39, 0.29) is 0 Å². The van der Waals surface area contributed by atoms with E-state index in [9.17, 15) is 5.21 Å². The maximum atomic E-state index is 9.59. The summed E-state index contributed by atoms with van der Waals surface area (Å²) in [5.41, 5.74) is 3.98. The minimum absolute atomic E-state index is 0.599. The molecule has 1 heterocycles. The normalized spacial score (nSPS) is 18.1. The molecule has 0 fully saturated rings. The number of benzene rings is 1. The van der Waals surface area contributed by atoms with E-state index in [1.54, 1.807) is 6.20 Å². The van der Waals surface area contributed by atoms with E-state index >= 15 is 0 Å². The first kappa shape index (κ1) is 8.74. The van der Waals surface area contributed by atoms with Crippen LogP contribution in [0.25, 0.3) is 11.8 Å². The van der Waals surface area contributed by atoms with Crippen molar-refractivity contribution in [2.24, 2.45) is 0 Å². The average molecular weight is 199 g/mol. The Balaban J connectivity index is 2.45. The third kappa shape index (κ3) is 1.29. The Labute approximate surface area is 88.4 Å². The van der Waals surface area contributed by atoms with Gasteiger partial charge in [0.25, 0.3) is 0 Å². The maximum absolute atomic E-state index is 9.59. The number of allylic oxidation sites excluding steroid dienone is 1. The fourth-order valence-electron chi connectivity index (χ4n) is 2.49. The lowest BCUT2D eigenvalue weighted by atomic mass is 9.92. The quantitative estimate of drug-likeness (QED) is 0.667. The van der Waals surface area contributed by atoms with Crippen molar-refractivity contribution in [2.75, 3.05) is 6.54 Å². The molecule has 0 radical (unpaired) electrons. The van der Waals surface area contributed by atoms with Crippen LogP contribution in [0, 0.1) is 0 Å². The second-order valence-electron chi connectivity index (χ2n) is 4.30. The topological polar surface area (TPSA) is 23.5 Å². The van der Waals surface area contributed by atoms with Gasteiger partial charge in [0.15, 0.2) is 0 Å². The zero-order chi connectivity index (χ0) is 10.4. The minimum Gasteiger partial charge on any atom is -0.289 e. The van der Waals surface area contributed by atoms with Crippen molar-refractivity contribution >= 4 is 11.8 Å². The summed E-state index contributed by atoms with van der Waals surface area (Å²) in [5, 5.41) is 13.3. The fraction of sp³-hybridized carbons (Fsp3) is 0.231. The van der Waals surface area contributed by atoms with Crippen molar-refractivity contribution < 1.29 is 5.21 Å². The smallest absolute Gasteiger partial charge is 0.0703 e. The summed E-state index contributed by atoms with van der Waals surface area (Å²) in [5.74, 6) is 0. The Hall–Kier alpha value is -1.54. The van der Waals surface area contributed by atoms with Crippen LogP contribution in [-0.4, -0.2) is 16.8 Å². The number of hydrogen-bond acceptors (Lipinski definition) is 2. The van der Waals surface area contributed by atoms with Gasteiger partial charge < -0.3 is 0 Å². The molecule has 1 aliphatic carbocycles. The van der Waals surface area contributed by atoms with Crippen LogP contribution in [0.15, 0.2) is 29.8 Å². The van der Waals surface area contributed by atoms with Gasteiger partial charge in [0, 0.05) is 11.4 Å². The third-order valence-electron chi connectivity index (χ3n) is 3.01. The molecule has 15 heavy (non-hydrogen) atoms. The molecule has 1 N–H and O–H groups in total. The summed E-state index contributed by atoms with van der Waals surface area (Å²) >= 11 is 0. The lowest BCUT2D eigenvalue weighted by Gasteiger charge is -2.22. The van der Waals surface area contributed by atoms with Crippen LogP contribution in [0.4, 0.5) is 0 Å². The van der Waals surface area contributed by atoms with Crippen LogP contribution in [0.1, 0.15) is 12.5 Å². The summed E-state index contributed by atoms with van der Waals surface area (Å²) < 4.78 is 0. The Morgan fingerprint density at radius 1 is 1.33 bits per heavy atom. The van der Waals surface area contributed by atoms with E-state index in [2.05, 4.69) is 31.2 Å². The zero-order valence-electron chi connectivity index (χ0n) is 8.70. The van der Waals surface area contributed by atoms with Crippen molar-refractivity contribution in [3.05, 3.63) is 45.8 Å². The second-order valence-corrected chi connectivity index (χ2v) is 4.30. The monoisotopic (exact) mass is 199 g/mol. The first-order chi connectivity index (χ1) is 7.24. The molecule has 0 atom stereocenters. The van der Waals surface area contributed by atoms with Gasteiger partial charge in [0.1, 0.15) is 0 Å². The van der Waals surface area contributed by atoms with Gasteiger partial charge in [0.05, 0.1) is 6.54 Å². The molecule has 0 spiro atoms. The number of rotatable bonds is 0. The molecule has 0 bridgehead atoms. The predicted molar refractivity (Wildman–Crippen MR) is 59.5 cm³/mol. The van der Waals surface area contributed by atoms with Gasteiger partial charge in [-0.05, 0) is 29.7 Å². The van der Waals surface area contributed by atoms with E-state index in [4.69, 9.17) is 0 Å². The molecule has 1 aliphatic heterocycles. The van der Waals surface area contributed by atoms with E-state index in [0.29, 0.717) is 6.54 Å². The lowest BCUT2D eigenvalue weighted by Crippen LogP contribution is -2.40. The van der Waals surface area contributed by atoms with Crippen molar-refractivity contribution in [1.29, 1.82) is 0 Å². The third-order valence-corrected chi connectivity index (χ3v) is 3.01. The van der Waals surface area contributed by atoms with Gasteiger partial charge in [0.2, 0.25) is 0 Å². The first-order valence-electron chi connectivity index (χ1n) is 5.20. The van der Waals surface area contributed by atoms with E-state index in [1.165, 1.54) is 27.0 Å². The van der Waals surface area contributed by atoms with Crippen LogP contribution >= 0.6 is 0 Å². The summed E-state index contributed by atoms with van der Waals surface area (Å²) in [6.07, 6.45) is 5.03. The van der Waals surface area contributed by atoms with Gasteiger partial charge in [-0.3, -0.25) is 10.3 Å². The van der Waals surface area contributed by atoms with Crippen molar-refractivity contribution in [3.63, 3.8) is 0 Å². The molecule has 0 saturated carbocycles. The van der Waals surface area contributed by atoms with Gasteiger partial charge >= 0.3 is 0 Å². The molecular formula is C13H13NO. The van der Waals surface area contributed by atoms with Crippen molar-refractivity contribution in [3.8, 4) is 0 Å². The van der Waals surface area contributed by atoms with Crippen LogP contribution < -0.4 is 10.4 Å². The van der Waals surface area contributed by atoms with Crippen LogP contribution in [-0.2, 0) is 6.42 Å². The SMILES string of the molecule is CC1=CC2=c3c(cccc3=CN(O)C2)C1. The van der Waals surface area contributed by atoms with Crippen molar-refractivity contribution in [2.45, 2.75) is 13.3 Å². The van der Waals surface area contributed by atoms with Crippen LogP contribution in [0.5, 0.6) is 0 Å². The van der Waals surface area contributed by atoms with Crippen LogP contribution in [0.3, 0.4) is 0 Å². The first-order valence-corrected chi connectivity index (χ1v) is 5.20. The molecule has 0 saturated heterocycles. The van der Waals surface area contributed by atoms with Crippen LogP contribution in [0.2, 0.25) is 0 Å².